The zero-order valence-electron chi connectivity index (χ0n) is 9.08. The predicted octanol–water partition coefficient (Wildman–Crippen LogP) is 3.21. The van der Waals surface area contributed by atoms with Crippen LogP contribution in [0.3, 0.4) is 0 Å². The fraction of sp³-hybridized carbons (Fsp3) is 0.571. The van der Waals surface area contributed by atoms with E-state index in [0.29, 0.717) is 0 Å². The van der Waals surface area contributed by atoms with E-state index < -0.39 is 0 Å². The van der Waals surface area contributed by atoms with Gasteiger partial charge in [0, 0.05) is 12.1 Å². The van der Waals surface area contributed by atoms with Crippen LogP contribution in [0.25, 0.3) is 0 Å². The van der Waals surface area contributed by atoms with Gasteiger partial charge in [-0.15, -0.1) is 0 Å². The van der Waals surface area contributed by atoms with Gasteiger partial charge in [0.2, 0.25) is 0 Å². The van der Waals surface area contributed by atoms with Gasteiger partial charge in [-0.2, -0.15) is 0 Å². The lowest BCUT2D eigenvalue weighted by Crippen LogP contribution is -2.38. The topological polar surface area (TPSA) is 3.24 Å². The molecule has 2 aliphatic heterocycles. The van der Waals surface area contributed by atoms with Crippen molar-refractivity contribution < 1.29 is 0 Å². The number of fused-ring (bicyclic) bond motifs is 3. The normalized spacial score (nSPS) is 32.8. The monoisotopic (exact) mass is 199 g/mol. The molecule has 1 nitrogen and oxygen atoms in total. The van der Waals surface area contributed by atoms with Crippen molar-refractivity contribution in [1.29, 1.82) is 0 Å². The molecule has 2 heterocycles. The molecule has 78 valence electrons. The minimum Gasteiger partial charge on any atom is -0.289 e. The van der Waals surface area contributed by atoms with Crippen molar-refractivity contribution in [2.45, 2.75) is 44.2 Å². The van der Waals surface area contributed by atoms with Gasteiger partial charge in [-0.3, -0.25) is 4.90 Å². The first-order valence-electron chi connectivity index (χ1n) is 6.32. The Kier molecular flexibility index (Phi) is 1.59. The van der Waals surface area contributed by atoms with Gasteiger partial charge in [0.05, 0.1) is 0 Å². The summed E-state index contributed by atoms with van der Waals surface area (Å²) in [7, 11) is 0. The Morgan fingerprint density at radius 2 is 1.80 bits per heavy atom. The van der Waals surface area contributed by atoms with Crippen LogP contribution in [0.1, 0.15) is 54.5 Å². The summed E-state index contributed by atoms with van der Waals surface area (Å²) in [5.74, 6) is 0. The van der Waals surface area contributed by atoms with Gasteiger partial charge < -0.3 is 0 Å². The summed E-state index contributed by atoms with van der Waals surface area (Å²) in [5.41, 5.74) is 5.04. The van der Waals surface area contributed by atoms with Gasteiger partial charge in [-0.1, -0.05) is 24.6 Å². The van der Waals surface area contributed by atoms with Crippen molar-refractivity contribution in [2.75, 3.05) is 6.54 Å². The van der Waals surface area contributed by atoms with Crippen molar-refractivity contribution in [3.63, 3.8) is 0 Å². The fourth-order valence-electron chi connectivity index (χ4n) is 3.98. The molecule has 2 atom stereocenters. The van der Waals surface area contributed by atoms with E-state index in [-0.39, 0.29) is 0 Å². The summed E-state index contributed by atoms with van der Waals surface area (Å²) >= 11 is 0. The average Bonchev–Trinajstić information content (AvgIpc) is 2.63. The molecule has 0 saturated carbocycles. The van der Waals surface area contributed by atoms with Crippen LogP contribution < -0.4 is 0 Å². The van der Waals surface area contributed by atoms with Gasteiger partial charge in [-0.25, -0.2) is 0 Å². The van der Waals surface area contributed by atoms with E-state index in [1.807, 2.05) is 0 Å². The molecular weight excluding hydrogens is 182 g/mol. The quantitative estimate of drug-likeness (QED) is 0.620. The number of rotatable bonds is 0. The van der Waals surface area contributed by atoms with Crippen LogP contribution >= 0.6 is 0 Å². The lowest BCUT2D eigenvalue weighted by molar-refractivity contribution is 0.0918. The van der Waals surface area contributed by atoms with E-state index in [1.54, 1.807) is 16.7 Å². The van der Waals surface area contributed by atoms with Gasteiger partial charge in [0.25, 0.3) is 0 Å². The molecule has 1 aromatic carbocycles. The first-order valence-corrected chi connectivity index (χ1v) is 6.32. The number of hydrogen-bond donors (Lipinski definition) is 0. The van der Waals surface area contributed by atoms with E-state index in [9.17, 15) is 0 Å². The van der Waals surface area contributed by atoms with Gasteiger partial charge >= 0.3 is 0 Å². The summed E-state index contributed by atoms with van der Waals surface area (Å²) in [6, 6.07) is 8.57. The Morgan fingerprint density at radius 1 is 1.00 bits per heavy atom. The van der Waals surface area contributed by atoms with Crippen molar-refractivity contribution >= 4 is 0 Å². The molecule has 4 bridgehead atoms. The second kappa shape index (κ2) is 2.85. The highest BCUT2D eigenvalue weighted by Gasteiger charge is 2.40. The molecule has 2 unspecified atom stereocenters. The van der Waals surface area contributed by atoms with E-state index in [2.05, 4.69) is 23.1 Å². The molecule has 1 fully saturated rings. The highest BCUT2D eigenvalue weighted by Crippen LogP contribution is 2.50. The Hall–Kier alpha value is -0.820. The first kappa shape index (κ1) is 8.35. The van der Waals surface area contributed by atoms with E-state index in [4.69, 9.17) is 0 Å². The van der Waals surface area contributed by atoms with Crippen LogP contribution in [-0.4, -0.2) is 11.4 Å². The van der Waals surface area contributed by atoms with Crippen LogP contribution in [0.15, 0.2) is 18.2 Å². The molecule has 0 aromatic heterocycles. The summed E-state index contributed by atoms with van der Waals surface area (Å²) in [6.45, 7) is 1.33. The summed E-state index contributed by atoms with van der Waals surface area (Å²) in [5, 5.41) is 0. The molecule has 1 saturated heterocycles. The molecule has 1 aromatic rings. The fourth-order valence-corrected chi connectivity index (χ4v) is 3.98. The van der Waals surface area contributed by atoms with Gasteiger partial charge in [0.15, 0.2) is 0 Å². The van der Waals surface area contributed by atoms with E-state index >= 15 is 0 Å². The SMILES string of the molecule is c1cc2c3c(c1)C(CC3)N1CCCCC21. The predicted molar refractivity (Wildman–Crippen MR) is 60.8 cm³/mol. The maximum atomic E-state index is 2.78. The molecule has 4 rings (SSSR count). The van der Waals surface area contributed by atoms with E-state index in [0.717, 1.165) is 12.1 Å². The number of hydrogen-bond acceptors (Lipinski definition) is 1. The van der Waals surface area contributed by atoms with Crippen LogP contribution in [0.2, 0.25) is 0 Å². The largest absolute Gasteiger partial charge is 0.289 e. The molecule has 1 heteroatoms. The standard InChI is InChI=1S/C14H17N/c1-2-9-15-13(6-1)11-4-3-5-12-10(11)7-8-14(12)15/h3-5,13-14H,1-2,6-9H2. The zero-order valence-corrected chi connectivity index (χ0v) is 9.08. The second-order valence-corrected chi connectivity index (χ2v) is 5.22. The summed E-state index contributed by atoms with van der Waals surface area (Å²) < 4.78 is 0. The highest BCUT2D eigenvalue weighted by atomic mass is 15.2. The maximum absolute atomic E-state index is 2.78. The second-order valence-electron chi connectivity index (χ2n) is 5.22. The smallest absolute Gasteiger partial charge is 0.0360 e. The third-order valence-electron chi connectivity index (χ3n) is 4.58. The van der Waals surface area contributed by atoms with Gasteiger partial charge in [0.1, 0.15) is 0 Å². The Labute approximate surface area is 91.1 Å². The molecule has 0 N–H and O–H groups in total. The maximum Gasteiger partial charge on any atom is 0.0360 e. The molecule has 15 heavy (non-hydrogen) atoms. The highest BCUT2D eigenvalue weighted by molar-refractivity contribution is 5.46. The average molecular weight is 199 g/mol. The van der Waals surface area contributed by atoms with Crippen LogP contribution in [0.5, 0.6) is 0 Å². The molecular formula is C14H17N. The van der Waals surface area contributed by atoms with Gasteiger partial charge in [-0.05, 0) is 48.9 Å². The third kappa shape index (κ3) is 0.971. The van der Waals surface area contributed by atoms with E-state index in [1.165, 1.54) is 38.6 Å². The first-order chi connectivity index (χ1) is 7.45. The van der Waals surface area contributed by atoms with Crippen LogP contribution in [-0.2, 0) is 6.42 Å². The van der Waals surface area contributed by atoms with Crippen molar-refractivity contribution in [3.8, 4) is 0 Å². The van der Waals surface area contributed by atoms with Crippen molar-refractivity contribution in [2.24, 2.45) is 0 Å². The third-order valence-corrected chi connectivity index (χ3v) is 4.58. The minimum absolute atomic E-state index is 0.773. The van der Waals surface area contributed by atoms with Crippen molar-refractivity contribution in [1.82, 2.24) is 4.90 Å². The van der Waals surface area contributed by atoms with Crippen LogP contribution in [0.4, 0.5) is 0 Å². The molecule has 0 amide bonds. The molecule has 0 spiro atoms. The lowest BCUT2D eigenvalue weighted by atomic mass is 9.85. The number of benzene rings is 1. The van der Waals surface area contributed by atoms with Crippen LogP contribution in [0, 0.1) is 0 Å². The lowest BCUT2D eigenvalue weighted by Gasteiger charge is -2.43. The molecule has 0 radical (unpaired) electrons. The summed E-state index contributed by atoms with van der Waals surface area (Å²) in [6.07, 6.45) is 6.95. The molecule has 1 aliphatic carbocycles. The number of nitrogens with zero attached hydrogens (tertiary/aromatic N) is 1. The minimum atomic E-state index is 0.773. The Balaban J connectivity index is 1.93. The Bertz CT molecular complexity index is 410. The summed E-state index contributed by atoms with van der Waals surface area (Å²) in [4.78, 5) is 2.78. The van der Waals surface area contributed by atoms with Crippen molar-refractivity contribution in [3.05, 3.63) is 34.9 Å². The molecule has 3 aliphatic rings. The zero-order chi connectivity index (χ0) is 9.83. The number of piperidine rings is 1. The Morgan fingerprint density at radius 3 is 2.67 bits per heavy atom.